The zero-order valence-electron chi connectivity index (χ0n) is 16.4. The molecule has 0 unspecified atom stereocenters. The number of nitrogens with zero attached hydrogens (tertiary/aromatic N) is 2. The third-order valence-electron chi connectivity index (χ3n) is 5.24. The Labute approximate surface area is 169 Å². The van der Waals surface area contributed by atoms with Gasteiger partial charge in [-0.1, -0.05) is 36.4 Å². The van der Waals surface area contributed by atoms with Gasteiger partial charge in [0, 0.05) is 5.39 Å². The molecule has 0 radical (unpaired) electrons. The van der Waals surface area contributed by atoms with Crippen molar-refractivity contribution in [3.05, 3.63) is 71.3 Å². The van der Waals surface area contributed by atoms with Crippen LogP contribution in [0.4, 0.5) is 5.69 Å². The molecule has 0 saturated carbocycles. The lowest BCUT2D eigenvalue weighted by atomic mass is 10.0. The minimum atomic E-state index is -3.77. The van der Waals surface area contributed by atoms with Crippen LogP contribution in [0, 0.1) is 13.8 Å². The highest BCUT2D eigenvalue weighted by atomic mass is 32.2. The van der Waals surface area contributed by atoms with Crippen molar-refractivity contribution in [1.82, 2.24) is 5.43 Å². The standard InChI is InChI=1S/C22H21N3O3S/c1-14-10-11-18(12-15(14)2)16(3)23-24-21(26)13-25-19-8-4-6-17-7-5-9-20(22(17)19)29(25,27)28/h4-12H,13H2,1-3H3,(H,24,26)/b23-16-. The van der Waals surface area contributed by atoms with E-state index in [2.05, 4.69) is 10.5 Å². The van der Waals surface area contributed by atoms with Gasteiger partial charge >= 0.3 is 0 Å². The number of benzene rings is 3. The van der Waals surface area contributed by atoms with Gasteiger partial charge in [-0.2, -0.15) is 5.10 Å². The van der Waals surface area contributed by atoms with Gasteiger partial charge in [-0.15, -0.1) is 0 Å². The number of carbonyl (C=O) groups is 1. The summed E-state index contributed by atoms with van der Waals surface area (Å²) in [5, 5.41) is 5.63. The smallest absolute Gasteiger partial charge is 0.265 e. The fourth-order valence-electron chi connectivity index (χ4n) is 3.47. The predicted octanol–water partition coefficient (Wildman–Crippen LogP) is 3.51. The Hall–Kier alpha value is -3.19. The minimum absolute atomic E-state index is 0.230. The van der Waals surface area contributed by atoms with Crippen molar-refractivity contribution >= 4 is 38.1 Å². The fourth-order valence-corrected chi connectivity index (χ4v) is 5.14. The average molecular weight is 407 g/mol. The summed E-state index contributed by atoms with van der Waals surface area (Å²) in [6, 6.07) is 16.4. The Bertz CT molecular complexity index is 1270. The molecule has 1 heterocycles. The molecule has 3 aromatic rings. The summed E-state index contributed by atoms with van der Waals surface area (Å²) in [6.07, 6.45) is 0. The number of nitrogens with one attached hydrogen (secondary N) is 1. The zero-order valence-corrected chi connectivity index (χ0v) is 17.2. The van der Waals surface area contributed by atoms with Crippen LogP contribution >= 0.6 is 0 Å². The number of sulfonamides is 1. The molecular weight excluding hydrogens is 386 g/mol. The second-order valence-electron chi connectivity index (χ2n) is 7.17. The summed E-state index contributed by atoms with van der Waals surface area (Å²) in [6.45, 7) is 5.51. The predicted molar refractivity (Wildman–Crippen MR) is 115 cm³/mol. The topological polar surface area (TPSA) is 78.8 Å². The molecule has 1 aliphatic heterocycles. The SMILES string of the molecule is C/C(=N/NC(=O)CN1c2cccc3cccc(c23)S1(=O)=O)c1ccc(C)c(C)c1. The molecule has 148 valence electrons. The van der Waals surface area contributed by atoms with Crippen LogP contribution < -0.4 is 9.73 Å². The van der Waals surface area contributed by atoms with E-state index in [0.717, 1.165) is 20.8 Å². The number of rotatable bonds is 4. The summed E-state index contributed by atoms with van der Waals surface area (Å²) in [5.74, 6) is -0.499. The van der Waals surface area contributed by atoms with E-state index in [1.165, 1.54) is 5.56 Å². The number of hydrazone groups is 1. The lowest BCUT2D eigenvalue weighted by Gasteiger charge is -2.17. The summed E-state index contributed by atoms with van der Waals surface area (Å²) < 4.78 is 27.0. The number of hydrogen-bond acceptors (Lipinski definition) is 4. The number of hydrogen-bond donors (Lipinski definition) is 1. The Morgan fingerprint density at radius 3 is 2.48 bits per heavy atom. The maximum absolute atomic E-state index is 12.9. The summed E-state index contributed by atoms with van der Waals surface area (Å²) in [7, 11) is -3.77. The Balaban J connectivity index is 1.56. The maximum Gasteiger partial charge on any atom is 0.265 e. The van der Waals surface area contributed by atoms with Gasteiger partial charge in [0.1, 0.15) is 6.54 Å². The van der Waals surface area contributed by atoms with Gasteiger partial charge in [0.15, 0.2) is 0 Å². The van der Waals surface area contributed by atoms with Gasteiger partial charge in [0.2, 0.25) is 0 Å². The van der Waals surface area contributed by atoms with Crippen LogP contribution in [0.15, 0.2) is 64.6 Å². The van der Waals surface area contributed by atoms with Crippen molar-refractivity contribution < 1.29 is 13.2 Å². The van der Waals surface area contributed by atoms with Crippen molar-refractivity contribution in [2.45, 2.75) is 25.7 Å². The first-order valence-corrected chi connectivity index (χ1v) is 10.7. The van der Waals surface area contributed by atoms with E-state index in [1.54, 1.807) is 31.2 Å². The number of anilines is 1. The number of amides is 1. The maximum atomic E-state index is 12.9. The molecule has 0 aromatic heterocycles. The molecule has 0 bridgehead atoms. The third-order valence-corrected chi connectivity index (χ3v) is 7.04. The molecule has 0 fully saturated rings. The van der Waals surface area contributed by atoms with Crippen molar-refractivity contribution in [2.75, 3.05) is 10.8 Å². The van der Waals surface area contributed by atoms with Gasteiger partial charge < -0.3 is 0 Å². The van der Waals surface area contributed by atoms with Crippen LogP contribution in [0.1, 0.15) is 23.6 Å². The third kappa shape index (κ3) is 3.27. The quantitative estimate of drug-likeness (QED) is 0.531. The van der Waals surface area contributed by atoms with E-state index in [1.807, 2.05) is 44.2 Å². The van der Waals surface area contributed by atoms with Crippen molar-refractivity contribution in [1.29, 1.82) is 0 Å². The molecule has 0 spiro atoms. The van der Waals surface area contributed by atoms with E-state index in [4.69, 9.17) is 0 Å². The number of aryl methyl sites for hydroxylation is 2. The molecular formula is C22H21N3O3S. The zero-order chi connectivity index (χ0) is 20.8. The molecule has 7 heteroatoms. The lowest BCUT2D eigenvalue weighted by Crippen LogP contribution is -2.37. The molecule has 1 amide bonds. The van der Waals surface area contributed by atoms with E-state index >= 15 is 0 Å². The lowest BCUT2D eigenvalue weighted by molar-refractivity contribution is -0.119. The van der Waals surface area contributed by atoms with E-state index < -0.39 is 15.9 Å². The Morgan fingerprint density at radius 2 is 1.76 bits per heavy atom. The van der Waals surface area contributed by atoms with Gasteiger partial charge in [-0.3, -0.25) is 9.10 Å². The molecule has 0 saturated heterocycles. The van der Waals surface area contributed by atoms with Crippen LogP contribution in [0.25, 0.3) is 10.8 Å². The normalized spacial score (nSPS) is 15.0. The molecule has 0 atom stereocenters. The monoisotopic (exact) mass is 407 g/mol. The minimum Gasteiger partial charge on any atom is -0.271 e. The van der Waals surface area contributed by atoms with Gasteiger partial charge in [-0.05, 0) is 61.0 Å². The molecule has 6 nitrogen and oxygen atoms in total. The van der Waals surface area contributed by atoms with Crippen LogP contribution in [0.5, 0.6) is 0 Å². The first kappa shape index (κ1) is 19.1. The van der Waals surface area contributed by atoms with Crippen LogP contribution in [0.3, 0.4) is 0 Å². The average Bonchev–Trinajstić information content (AvgIpc) is 2.91. The molecule has 4 rings (SSSR count). The van der Waals surface area contributed by atoms with E-state index in [-0.39, 0.29) is 11.4 Å². The van der Waals surface area contributed by atoms with Crippen molar-refractivity contribution in [2.24, 2.45) is 5.10 Å². The van der Waals surface area contributed by atoms with Gasteiger partial charge in [0.05, 0.1) is 16.3 Å². The van der Waals surface area contributed by atoms with Crippen LogP contribution in [0.2, 0.25) is 0 Å². The summed E-state index contributed by atoms with van der Waals surface area (Å²) in [4.78, 5) is 12.7. The second kappa shape index (κ2) is 7.00. The molecule has 3 aromatic carbocycles. The first-order chi connectivity index (χ1) is 13.8. The molecule has 1 N–H and O–H groups in total. The highest BCUT2D eigenvalue weighted by Gasteiger charge is 2.36. The van der Waals surface area contributed by atoms with Crippen molar-refractivity contribution in [3.8, 4) is 0 Å². The Morgan fingerprint density at radius 1 is 1.03 bits per heavy atom. The Kier molecular flexibility index (Phi) is 4.62. The number of carbonyl (C=O) groups excluding carboxylic acids is 1. The molecule has 29 heavy (non-hydrogen) atoms. The largest absolute Gasteiger partial charge is 0.271 e. The van der Waals surface area contributed by atoms with Gasteiger partial charge in [-0.25, -0.2) is 13.8 Å². The van der Waals surface area contributed by atoms with E-state index in [0.29, 0.717) is 16.8 Å². The fraction of sp³-hybridized carbons (Fsp3) is 0.182. The van der Waals surface area contributed by atoms with E-state index in [9.17, 15) is 13.2 Å². The van der Waals surface area contributed by atoms with Crippen LogP contribution in [-0.4, -0.2) is 26.6 Å². The van der Waals surface area contributed by atoms with Crippen molar-refractivity contribution in [3.63, 3.8) is 0 Å². The summed E-state index contributed by atoms with van der Waals surface area (Å²) in [5.41, 5.74) is 6.87. The highest BCUT2D eigenvalue weighted by Crippen LogP contribution is 2.41. The van der Waals surface area contributed by atoms with Gasteiger partial charge in [0.25, 0.3) is 15.9 Å². The molecule has 0 aliphatic carbocycles. The summed E-state index contributed by atoms with van der Waals surface area (Å²) >= 11 is 0. The first-order valence-electron chi connectivity index (χ1n) is 9.24. The second-order valence-corrected chi connectivity index (χ2v) is 9.01. The highest BCUT2D eigenvalue weighted by molar-refractivity contribution is 7.93. The molecule has 1 aliphatic rings. The van der Waals surface area contributed by atoms with Crippen LogP contribution in [-0.2, 0) is 14.8 Å².